The highest BCUT2D eigenvalue weighted by molar-refractivity contribution is 5.92. The van der Waals surface area contributed by atoms with Gasteiger partial charge in [-0.2, -0.15) is 19.2 Å². The molecule has 0 aliphatic heterocycles. The Morgan fingerprint density at radius 2 is 0.409 bits per heavy atom. The van der Waals surface area contributed by atoms with Gasteiger partial charge >= 0.3 is 48.5 Å². The van der Waals surface area contributed by atoms with Crippen molar-refractivity contribution in [2.45, 2.75) is 127 Å². The topological polar surface area (TPSA) is 321 Å². The Morgan fingerprint density at radius 1 is 0.247 bits per heavy atom. The summed E-state index contributed by atoms with van der Waals surface area (Å²) in [7, 11) is 11.3. The molecule has 0 aromatic heterocycles. The fourth-order valence-corrected chi connectivity index (χ4v) is 13.5. The number of benzene rings is 4. The second kappa shape index (κ2) is 33.0. The van der Waals surface area contributed by atoms with Gasteiger partial charge in [-0.25, -0.2) is 58.3 Å². The van der Waals surface area contributed by atoms with Gasteiger partial charge in [-0.05, 0) is 180 Å². The molecule has 8 rings (SSSR count). The van der Waals surface area contributed by atoms with Gasteiger partial charge in [0, 0.05) is 24.3 Å². The van der Waals surface area contributed by atoms with Crippen LogP contribution in [0.2, 0.25) is 0 Å². The molecule has 0 heterocycles. The van der Waals surface area contributed by atoms with Crippen molar-refractivity contribution in [3.8, 4) is 46.0 Å². The SMILES string of the molecule is COc1cc(OC)cc(C(=O)OOC(=O)OC2CCC(C(C3CCC(OC(=O)OOC(=O)c4cc(OC)cc(OC)c4)CC3)(C3CCC(OC(=O)OOC(=O)c4cc(OC)cc(OC)c4)CC3)C3CCC(OC(=O)OOC(=O)c4cc(OC)cc(OC)c4)CC3)CC2)c1. The van der Waals surface area contributed by atoms with Gasteiger partial charge in [-0.3, -0.25) is 0 Å². The zero-order chi connectivity index (χ0) is 66.6. The number of ether oxygens (including phenoxy) is 12. The van der Waals surface area contributed by atoms with Crippen molar-refractivity contribution in [3.05, 3.63) is 95.1 Å². The Labute approximate surface area is 535 Å². The molecule has 0 bridgehead atoms. The smallest absolute Gasteiger partial charge is 0.497 e. The standard InChI is InChI=1S/C65H76O28/c1-74-49-25-37(26-50(33-49)75-2)57(66)86-90-61(70)82-45-17-9-41(10-18-45)65(42-11-19-46(20-12-42)83-62(71)91-87-58(67)38-27-51(76-3)34-52(28-38)77-4,43-13-21-47(22-14-43)84-63(72)92-88-59(68)39-29-53(78-5)35-54(30-39)79-6)44-15-23-48(24-16-44)85-64(73)93-89-60(69)40-31-55(80-7)36-56(32-40)81-8/h25-36,41-48H,9-24H2,1-8H3. The maximum Gasteiger partial charge on any atom is 0.550 e. The third-order valence-corrected chi connectivity index (χ3v) is 17.7. The zero-order valence-electron chi connectivity index (χ0n) is 52.8. The number of rotatable bonds is 20. The van der Waals surface area contributed by atoms with Crippen molar-refractivity contribution in [3.63, 3.8) is 0 Å². The quantitative estimate of drug-likeness (QED) is 0.0343. The number of carbonyl (C=O) groups is 8. The molecule has 4 aromatic rings. The second-order valence-corrected chi connectivity index (χ2v) is 22.6. The molecule has 504 valence electrons. The first-order chi connectivity index (χ1) is 44.9. The molecule has 0 spiro atoms. The van der Waals surface area contributed by atoms with Crippen molar-refractivity contribution >= 4 is 48.5 Å². The van der Waals surface area contributed by atoms with Crippen LogP contribution in [-0.2, 0) is 58.0 Å². The minimum atomic E-state index is -1.22. The lowest BCUT2D eigenvalue weighted by molar-refractivity contribution is -0.213. The van der Waals surface area contributed by atoms with E-state index in [4.69, 9.17) is 95.9 Å². The van der Waals surface area contributed by atoms with Crippen molar-refractivity contribution in [2.24, 2.45) is 29.1 Å². The largest absolute Gasteiger partial charge is 0.550 e. The van der Waals surface area contributed by atoms with Crippen molar-refractivity contribution in [1.29, 1.82) is 0 Å². The third kappa shape index (κ3) is 18.3. The molecule has 0 amide bonds. The van der Waals surface area contributed by atoms with Gasteiger partial charge in [0.25, 0.3) is 0 Å². The Kier molecular flexibility index (Phi) is 24.5. The Hall–Kier alpha value is -9.76. The molecule has 28 nitrogen and oxygen atoms in total. The molecular formula is C65H76O28. The maximum absolute atomic E-state index is 13.2. The highest BCUT2D eigenvalue weighted by Gasteiger charge is 2.57. The average Bonchev–Trinajstić information content (AvgIpc) is 0.741. The van der Waals surface area contributed by atoms with Crippen LogP contribution < -0.4 is 37.9 Å². The van der Waals surface area contributed by atoms with E-state index in [1.165, 1.54) is 105 Å². The number of hydrogen-bond donors (Lipinski definition) is 0. The van der Waals surface area contributed by atoms with Crippen LogP contribution in [0.5, 0.6) is 46.0 Å². The first kappa shape index (κ1) is 69.1. The Balaban J connectivity index is 0.989. The normalized spacial score (nSPS) is 21.5. The molecule has 0 N–H and O–H groups in total. The number of methoxy groups -OCH3 is 8. The van der Waals surface area contributed by atoms with E-state index in [0.29, 0.717) is 149 Å². The van der Waals surface area contributed by atoms with Crippen LogP contribution >= 0.6 is 0 Å². The van der Waals surface area contributed by atoms with Crippen molar-refractivity contribution in [2.75, 3.05) is 56.9 Å². The minimum absolute atomic E-state index is 0.00883. The fraction of sp³-hybridized carbons (Fsp3) is 0.508. The summed E-state index contributed by atoms with van der Waals surface area (Å²) < 4.78 is 65.0. The van der Waals surface area contributed by atoms with Gasteiger partial charge in [-0.1, -0.05) is 0 Å². The van der Waals surface area contributed by atoms with E-state index in [9.17, 15) is 38.4 Å². The summed E-state index contributed by atoms with van der Waals surface area (Å²) in [6.45, 7) is 0. The molecule has 0 radical (unpaired) electrons. The summed E-state index contributed by atoms with van der Waals surface area (Å²) in [4.78, 5) is 144. The van der Waals surface area contributed by atoms with E-state index in [-0.39, 0.29) is 45.9 Å². The third-order valence-electron chi connectivity index (χ3n) is 17.7. The van der Waals surface area contributed by atoms with E-state index in [1.807, 2.05) is 0 Å². The van der Waals surface area contributed by atoms with Gasteiger partial charge in [0.05, 0.1) is 79.1 Å². The summed E-state index contributed by atoms with van der Waals surface area (Å²) in [5, 5.41) is 0. The van der Waals surface area contributed by atoms with Gasteiger partial charge < -0.3 is 56.8 Å². The van der Waals surface area contributed by atoms with Crippen LogP contribution in [0, 0.1) is 29.1 Å². The van der Waals surface area contributed by atoms with E-state index >= 15 is 0 Å². The summed E-state index contributed by atoms with van der Waals surface area (Å²) in [5.74, 6) is -1.70. The van der Waals surface area contributed by atoms with Crippen molar-refractivity contribution in [1.82, 2.24) is 0 Å². The molecule has 4 aromatic carbocycles. The highest BCUT2D eigenvalue weighted by atomic mass is 17.3. The predicted octanol–water partition coefficient (Wildman–Crippen LogP) is 12.0. The summed E-state index contributed by atoms with van der Waals surface area (Å²) in [6, 6.07) is 17.3. The molecule has 0 saturated heterocycles. The second-order valence-electron chi connectivity index (χ2n) is 22.6. The molecule has 4 aliphatic carbocycles. The van der Waals surface area contributed by atoms with Crippen LogP contribution in [0.1, 0.15) is 144 Å². The molecule has 4 saturated carbocycles. The van der Waals surface area contributed by atoms with E-state index < -0.39 is 78.3 Å². The Morgan fingerprint density at radius 3 is 0.559 bits per heavy atom. The Bertz CT molecular complexity index is 2720. The molecule has 0 unspecified atom stereocenters. The molecular weight excluding hydrogens is 1230 g/mol. The molecule has 93 heavy (non-hydrogen) atoms. The molecule has 4 aliphatic rings. The molecule has 4 fully saturated rings. The summed E-state index contributed by atoms with van der Waals surface area (Å²) in [6.07, 6.45) is 0.233. The first-order valence-corrected chi connectivity index (χ1v) is 30.2. The lowest BCUT2D eigenvalue weighted by Crippen LogP contribution is -2.54. The van der Waals surface area contributed by atoms with Crippen LogP contribution in [-0.4, -0.2) is 130 Å². The zero-order valence-corrected chi connectivity index (χ0v) is 52.8. The van der Waals surface area contributed by atoms with Gasteiger partial charge in [-0.15, -0.1) is 0 Å². The average molecular weight is 1310 g/mol. The maximum atomic E-state index is 13.2. The van der Waals surface area contributed by atoms with Crippen LogP contribution in [0.4, 0.5) is 19.2 Å². The van der Waals surface area contributed by atoms with Gasteiger partial charge in [0.2, 0.25) is 0 Å². The monoisotopic (exact) mass is 1300 g/mol. The van der Waals surface area contributed by atoms with E-state index in [0.717, 1.165) is 0 Å². The minimum Gasteiger partial charge on any atom is -0.497 e. The summed E-state index contributed by atoms with van der Waals surface area (Å²) >= 11 is 0. The fourth-order valence-electron chi connectivity index (χ4n) is 13.5. The first-order valence-electron chi connectivity index (χ1n) is 30.2. The highest BCUT2D eigenvalue weighted by Crippen LogP contribution is 2.63. The predicted molar refractivity (Wildman–Crippen MR) is 316 cm³/mol. The van der Waals surface area contributed by atoms with Crippen molar-refractivity contribution < 1.29 is 134 Å². The lowest BCUT2D eigenvalue weighted by Gasteiger charge is -2.60. The van der Waals surface area contributed by atoms with Gasteiger partial charge in [0.1, 0.15) is 70.4 Å². The lowest BCUT2D eigenvalue weighted by atomic mass is 9.45. The van der Waals surface area contributed by atoms with Crippen LogP contribution in [0.25, 0.3) is 0 Å². The van der Waals surface area contributed by atoms with E-state index in [2.05, 4.69) is 0 Å². The van der Waals surface area contributed by atoms with Crippen LogP contribution in [0.3, 0.4) is 0 Å². The van der Waals surface area contributed by atoms with E-state index in [1.54, 1.807) is 24.3 Å². The molecule has 0 atom stereocenters. The van der Waals surface area contributed by atoms with Crippen LogP contribution in [0.15, 0.2) is 72.8 Å². The van der Waals surface area contributed by atoms with Gasteiger partial charge in [0.15, 0.2) is 0 Å². The number of hydrogen-bond acceptors (Lipinski definition) is 28. The summed E-state index contributed by atoms with van der Waals surface area (Å²) in [5.41, 5.74) is -0.540. The number of carbonyl (C=O) groups excluding carboxylic acids is 8. The molecule has 28 heteroatoms.